The number of hydrogen-bond donors (Lipinski definition) is 1. The second-order valence-corrected chi connectivity index (χ2v) is 10.6. The van der Waals surface area contributed by atoms with Crippen LogP contribution in [0, 0.1) is 17.9 Å². The molecule has 2 aromatic carbocycles. The Bertz CT molecular complexity index is 1460. The van der Waals surface area contributed by atoms with E-state index in [1.807, 2.05) is 12.1 Å². The van der Waals surface area contributed by atoms with Crippen LogP contribution >= 0.6 is 0 Å². The van der Waals surface area contributed by atoms with E-state index >= 15 is 0 Å². The molecule has 2 aliphatic heterocycles. The number of nitrogens with zero attached hydrogens (tertiary/aromatic N) is 4. The molecule has 2 fully saturated rings. The molecule has 38 heavy (non-hydrogen) atoms. The van der Waals surface area contributed by atoms with Crippen LogP contribution in [0.15, 0.2) is 73.1 Å². The highest BCUT2D eigenvalue weighted by Crippen LogP contribution is 2.42. The fourth-order valence-corrected chi connectivity index (χ4v) is 6.60. The summed E-state index contributed by atoms with van der Waals surface area (Å²) < 4.78 is 17.2. The lowest BCUT2D eigenvalue weighted by Gasteiger charge is -2.40. The Morgan fingerprint density at radius 1 is 1.11 bits per heavy atom. The SMILES string of the molecule is Cc1nc2ccccc2n1C1C[C@H]2CC[C@@H](C1)N2CC[C@H](NC(=O)c1ccc[n+]([O-])c1)c1cccc(F)c1. The van der Waals surface area contributed by atoms with Crippen molar-refractivity contribution < 1.29 is 13.9 Å². The number of rotatable bonds is 7. The normalized spacial score (nSPS) is 22.0. The van der Waals surface area contributed by atoms with E-state index in [1.165, 1.54) is 30.0 Å². The van der Waals surface area contributed by atoms with Crippen LogP contribution in [-0.4, -0.2) is 39.0 Å². The molecule has 0 aliphatic carbocycles. The largest absolute Gasteiger partial charge is 0.619 e. The number of aryl methyl sites for hydroxylation is 1. The van der Waals surface area contributed by atoms with Crippen LogP contribution < -0.4 is 10.0 Å². The number of benzene rings is 2. The maximum Gasteiger partial charge on any atom is 0.257 e. The Morgan fingerprint density at radius 2 is 1.89 bits per heavy atom. The number of nitrogens with one attached hydrogen (secondary N) is 1. The highest BCUT2D eigenvalue weighted by atomic mass is 19.1. The van der Waals surface area contributed by atoms with Crippen LogP contribution in [0.5, 0.6) is 0 Å². The van der Waals surface area contributed by atoms with E-state index in [0.717, 1.165) is 49.1 Å². The summed E-state index contributed by atoms with van der Waals surface area (Å²) in [5.41, 5.74) is 3.27. The number of pyridine rings is 1. The number of aromatic nitrogens is 3. The van der Waals surface area contributed by atoms with Gasteiger partial charge in [-0.2, -0.15) is 4.73 Å². The first-order valence-electron chi connectivity index (χ1n) is 13.4. The lowest BCUT2D eigenvalue weighted by Crippen LogP contribution is -2.45. The molecule has 4 heterocycles. The van der Waals surface area contributed by atoms with Crippen molar-refractivity contribution in [3.05, 3.63) is 101 Å². The van der Waals surface area contributed by atoms with Gasteiger partial charge in [-0.3, -0.25) is 9.69 Å². The second kappa shape index (κ2) is 10.2. The Morgan fingerprint density at radius 3 is 2.66 bits per heavy atom. The van der Waals surface area contributed by atoms with Gasteiger partial charge in [0.2, 0.25) is 0 Å². The summed E-state index contributed by atoms with van der Waals surface area (Å²) in [4.78, 5) is 20.4. The first kappa shape index (κ1) is 24.6. The topological polar surface area (TPSA) is 77.1 Å². The van der Waals surface area contributed by atoms with Crippen LogP contribution in [0.2, 0.25) is 0 Å². The van der Waals surface area contributed by atoms with Crippen LogP contribution in [-0.2, 0) is 0 Å². The van der Waals surface area contributed by atoms with Gasteiger partial charge in [0.25, 0.3) is 5.91 Å². The van der Waals surface area contributed by atoms with Crippen molar-refractivity contribution in [2.45, 2.75) is 63.2 Å². The third-order valence-corrected chi connectivity index (χ3v) is 8.27. The summed E-state index contributed by atoms with van der Waals surface area (Å²) in [6.45, 7) is 2.91. The number of piperidine rings is 1. The van der Waals surface area contributed by atoms with Crippen molar-refractivity contribution in [3.8, 4) is 0 Å². The predicted octanol–water partition coefficient (Wildman–Crippen LogP) is 4.85. The zero-order valence-electron chi connectivity index (χ0n) is 21.5. The minimum absolute atomic E-state index is 0.285. The number of amides is 1. The third-order valence-electron chi connectivity index (χ3n) is 8.27. The average Bonchev–Trinajstić information content (AvgIpc) is 3.36. The smallest absolute Gasteiger partial charge is 0.257 e. The first-order chi connectivity index (χ1) is 18.5. The molecule has 0 spiro atoms. The number of carbonyl (C=O) groups is 1. The Hall–Kier alpha value is -3.78. The summed E-state index contributed by atoms with van der Waals surface area (Å²) in [7, 11) is 0. The van der Waals surface area contributed by atoms with E-state index in [-0.39, 0.29) is 23.3 Å². The first-order valence-corrected chi connectivity index (χ1v) is 13.4. The van der Waals surface area contributed by atoms with E-state index in [4.69, 9.17) is 4.98 Å². The van der Waals surface area contributed by atoms with Gasteiger partial charge >= 0.3 is 0 Å². The molecule has 1 unspecified atom stereocenters. The van der Waals surface area contributed by atoms with E-state index in [0.29, 0.717) is 29.3 Å². The molecule has 196 valence electrons. The van der Waals surface area contributed by atoms with E-state index < -0.39 is 0 Å². The standard InChI is InChI=1S/C30H32FN5O2/c1-20-32-28-9-2-3-10-29(28)36(20)26-17-24-11-12-25(18-26)35(24)15-13-27(21-6-4-8-23(31)16-21)33-30(37)22-7-5-14-34(38)19-22/h2-10,14,16,19,24-27H,11-13,15,17-18H2,1H3,(H,33,37)/t24-,25+,26?,27-/m0/s1. The van der Waals surface area contributed by atoms with Crippen LogP contribution in [0.4, 0.5) is 4.39 Å². The third kappa shape index (κ3) is 4.76. The zero-order valence-corrected chi connectivity index (χ0v) is 21.5. The van der Waals surface area contributed by atoms with Crippen molar-refractivity contribution in [2.75, 3.05) is 6.54 Å². The molecule has 1 amide bonds. The molecule has 2 saturated heterocycles. The summed E-state index contributed by atoms with van der Waals surface area (Å²) in [5, 5.41) is 14.7. The minimum atomic E-state index is -0.365. The zero-order chi connectivity index (χ0) is 26.2. The monoisotopic (exact) mass is 513 g/mol. The van der Waals surface area contributed by atoms with Gasteiger partial charge < -0.3 is 15.1 Å². The second-order valence-electron chi connectivity index (χ2n) is 10.6. The number of fused-ring (bicyclic) bond motifs is 3. The Kier molecular flexibility index (Phi) is 6.57. The number of hydrogen-bond acceptors (Lipinski definition) is 4. The van der Waals surface area contributed by atoms with Gasteiger partial charge in [-0.25, -0.2) is 9.37 Å². The van der Waals surface area contributed by atoms with Gasteiger partial charge in [-0.1, -0.05) is 24.3 Å². The van der Waals surface area contributed by atoms with Gasteiger partial charge in [0, 0.05) is 30.7 Å². The minimum Gasteiger partial charge on any atom is -0.619 e. The Balaban J connectivity index is 1.18. The molecule has 2 aromatic heterocycles. The molecule has 0 radical (unpaired) electrons. The van der Waals surface area contributed by atoms with E-state index in [1.54, 1.807) is 18.2 Å². The molecule has 0 saturated carbocycles. The summed E-state index contributed by atoms with van der Waals surface area (Å²) in [5.74, 6) is 0.398. The summed E-state index contributed by atoms with van der Waals surface area (Å²) >= 11 is 0. The molecule has 2 aliphatic rings. The van der Waals surface area contributed by atoms with Crippen molar-refractivity contribution >= 4 is 16.9 Å². The van der Waals surface area contributed by atoms with Gasteiger partial charge in [0.1, 0.15) is 17.2 Å². The van der Waals surface area contributed by atoms with Crippen molar-refractivity contribution in [3.63, 3.8) is 0 Å². The Labute approximate surface area is 221 Å². The summed E-state index contributed by atoms with van der Waals surface area (Å²) in [6, 6.07) is 18.9. The molecule has 4 atom stereocenters. The van der Waals surface area contributed by atoms with Crippen LogP contribution in [0.25, 0.3) is 11.0 Å². The molecule has 6 rings (SSSR count). The maximum atomic E-state index is 14.1. The maximum absolute atomic E-state index is 14.1. The molecule has 1 N–H and O–H groups in total. The average molecular weight is 514 g/mol. The fourth-order valence-electron chi connectivity index (χ4n) is 6.60. The molecule has 8 heteroatoms. The van der Waals surface area contributed by atoms with Gasteiger partial charge in [-0.15, -0.1) is 0 Å². The fraction of sp³-hybridized carbons (Fsp3) is 0.367. The predicted molar refractivity (Wildman–Crippen MR) is 143 cm³/mol. The molecular weight excluding hydrogens is 481 g/mol. The molecule has 4 aromatic rings. The quantitative estimate of drug-likeness (QED) is 0.283. The van der Waals surface area contributed by atoms with Crippen molar-refractivity contribution in [2.24, 2.45) is 0 Å². The number of carbonyl (C=O) groups excluding carboxylic acids is 1. The van der Waals surface area contributed by atoms with E-state index in [9.17, 15) is 14.4 Å². The van der Waals surface area contributed by atoms with Crippen LogP contribution in [0.3, 0.4) is 0 Å². The number of para-hydroxylation sites is 2. The van der Waals surface area contributed by atoms with E-state index in [2.05, 4.69) is 39.9 Å². The van der Waals surface area contributed by atoms with Crippen molar-refractivity contribution in [1.82, 2.24) is 19.8 Å². The van der Waals surface area contributed by atoms with Crippen LogP contribution in [0.1, 0.15) is 65.9 Å². The van der Waals surface area contributed by atoms with Gasteiger partial charge in [0.15, 0.2) is 12.4 Å². The highest BCUT2D eigenvalue weighted by molar-refractivity contribution is 5.93. The summed E-state index contributed by atoms with van der Waals surface area (Å²) in [6.07, 6.45) is 7.72. The van der Waals surface area contributed by atoms with Gasteiger partial charge in [-0.05, 0) is 74.9 Å². The lowest BCUT2D eigenvalue weighted by atomic mass is 9.95. The molecule has 7 nitrogen and oxygen atoms in total. The molecule has 2 bridgehead atoms. The van der Waals surface area contributed by atoms with Gasteiger partial charge in [0.05, 0.1) is 17.1 Å². The lowest BCUT2D eigenvalue weighted by molar-refractivity contribution is -0.605. The number of halogens is 1. The highest BCUT2D eigenvalue weighted by Gasteiger charge is 2.41. The molecular formula is C30H32FN5O2. The van der Waals surface area contributed by atoms with Crippen molar-refractivity contribution in [1.29, 1.82) is 0 Å². The number of imidazole rings is 1.